The predicted octanol–water partition coefficient (Wildman–Crippen LogP) is 1.02. The number of amides is 2. The number of aromatic nitrogens is 3. The molecule has 27 heavy (non-hydrogen) atoms. The third-order valence-electron chi connectivity index (χ3n) is 4.65. The Bertz CT molecular complexity index is 908. The standard InChI is InChI=1S/C17H17ClN6O3/c1-19-16(25)13-4-11(21-8-22-13)12-2-9(3-15(18)23-12)14-6-20-5-10-7-27-17(26)24(10)14/h2-4,8,10,14,20H,5-7H2,1H3,(H,19,25)/t10-,14+/m0/s1. The second kappa shape index (κ2) is 7.09. The molecular formula is C17H17ClN6O3. The van der Waals surface area contributed by atoms with Gasteiger partial charge in [-0.1, -0.05) is 11.6 Å². The molecule has 2 aliphatic rings. The Hall–Kier alpha value is -2.78. The zero-order valence-corrected chi connectivity index (χ0v) is 15.2. The van der Waals surface area contributed by atoms with Gasteiger partial charge in [0.05, 0.1) is 23.5 Å². The number of fused-ring (bicyclic) bond motifs is 1. The SMILES string of the molecule is CNC(=O)c1cc(-c2cc([C@H]3CNC[C@H]4COC(=O)N43)cc(Cl)n2)ncn1. The van der Waals surface area contributed by atoms with Crippen LogP contribution in [0.2, 0.25) is 5.15 Å². The third-order valence-corrected chi connectivity index (χ3v) is 4.84. The Morgan fingerprint density at radius 3 is 2.96 bits per heavy atom. The average molecular weight is 389 g/mol. The lowest BCUT2D eigenvalue weighted by Gasteiger charge is -2.36. The topological polar surface area (TPSA) is 109 Å². The van der Waals surface area contributed by atoms with Crippen LogP contribution in [0.25, 0.3) is 11.4 Å². The fourth-order valence-corrected chi connectivity index (χ4v) is 3.58. The first kappa shape index (κ1) is 17.6. The highest BCUT2D eigenvalue weighted by Crippen LogP contribution is 2.32. The van der Waals surface area contributed by atoms with Crippen molar-refractivity contribution in [2.75, 3.05) is 26.7 Å². The van der Waals surface area contributed by atoms with Crippen LogP contribution in [-0.4, -0.2) is 64.6 Å². The highest BCUT2D eigenvalue weighted by atomic mass is 35.5. The van der Waals surface area contributed by atoms with E-state index in [4.69, 9.17) is 16.3 Å². The largest absolute Gasteiger partial charge is 0.447 e. The van der Waals surface area contributed by atoms with Crippen molar-refractivity contribution in [3.05, 3.63) is 40.9 Å². The first-order chi connectivity index (χ1) is 13.1. The second-order valence-electron chi connectivity index (χ2n) is 6.29. The average Bonchev–Trinajstić information content (AvgIpc) is 3.08. The number of carbonyl (C=O) groups is 2. The van der Waals surface area contributed by atoms with E-state index in [1.54, 1.807) is 17.0 Å². The van der Waals surface area contributed by atoms with E-state index in [0.717, 1.165) is 5.56 Å². The lowest BCUT2D eigenvalue weighted by Crippen LogP contribution is -2.51. The minimum absolute atomic E-state index is 0.00876. The van der Waals surface area contributed by atoms with Crippen LogP contribution in [0.5, 0.6) is 0 Å². The van der Waals surface area contributed by atoms with Crippen molar-refractivity contribution in [3.63, 3.8) is 0 Å². The van der Waals surface area contributed by atoms with E-state index in [0.29, 0.717) is 31.1 Å². The number of hydrogen-bond acceptors (Lipinski definition) is 7. The molecule has 2 aromatic heterocycles. The van der Waals surface area contributed by atoms with Gasteiger partial charge in [0.2, 0.25) is 0 Å². The van der Waals surface area contributed by atoms with Gasteiger partial charge in [0.25, 0.3) is 5.91 Å². The van der Waals surface area contributed by atoms with Crippen LogP contribution in [0.15, 0.2) is 24.5 Å². The summed E-state index contributed by atoms with van der Waals surface area (Å²) in [5, 5.41) is 6.12. The van der Waals surface area contributed by atoms with Gasteiger partial charge in [-0.25, -0.2) is 19.7 Å². The molecule has 2 N–H and O–H groups in total. The van der Waals surface area contributed by atoms with Gasteiger partial charge in [0.15, 0.2) is 0 Å². The summed E-state index contributed by atoms with van der Waals surface area (Å²) in [5.74, 6) is -0.319. The van der Waals surface area contributed by atoms with Crippen molar-refractivity contribution >= 4 is 23.6 Å². The van der Waals surface area contributed by atoms with Crippen molar-refractivity contribution in [1.29, 1.82) is 0 Å². The Morgan fingerprint density at radius 1 is 1.30 bits per heavy atom. The summed E-state index contributed by atoms with van der Waals surface area (Å²) in [6.45, 7) is 1.64. The van der Waals surface area contributed by atoms with Gasteiger partial charge in [-0.15, -0.1) is 0 Å². The lowest BCUT2D eigenvalue weighted by molar-refractivity contribution is 0.0958. The number of piperazine rings is 1. The second-order valence-corrected chi connectivity index (χ2v) is 6.68. The van der Waals surface area contributed by atoms with Gasteiger partial charge in [-0.05, 0) is 23.8 Å². The van der Waals surface area contributed by atoms with Gasteiger partial charge < -0.3 is 15.4 Å². The normalized spacial score (nSPS) is 21.6. The molecule has 0 radical (unpaired) electrons. The van der Waals surface area contributed by atoms with Crippen LogP contribution in [0.4, 0.5) is 4.79 Å². The summed E-state index contributed by atoms with van der Waals surface area (Å²) in [5.41, 5.74) is 2.02. The number of hydrogen-bond donors (Lipinski definition) is 2. The smallest absolute Gasteiger partial charge is 0.410 e. The summed E-state index contributed by atoms with van der Waals surface area (Å²) < 4.78 is 5.18. The van der Waals surface area contributed by atoms with Crippen LogP contribution in [0.1, 0.15) is 22.1 Å². The van der Waals surface area contributed by atoms with Crippen molar-refractivity contribution in [2.45, 2.75) is 12.1 Å². The molecule has 2 aromatic rings. The molecule has 4 heterocycles. The zero-order chi connectivity index (χ0) is 19.0. The molecule has 2 atom stereocenters. The van der Waals surface area contributed by atoms with E-state index in [-0.39, 0.29) is 34.9 Å². The highest BCUT2D eigenvalue weighted by Gasteiger charge is 2.41. The predicted molar refractivity (Wildman–Crippen MR) is 96.2 cm³/mol. The molecule has 10 heteroatoms. The quantitative estimate of drug-likeness (QED) is 0.755. The van der Waals surface area contributed by atoms with E-state index in [1.165, 1.54) is 13.4 Å². The van der Waals surface area contributed by atoms with Gasteiger partial charge in [0.1, 0.15) is 23.8 Å². The van der Waals surface area contributed by atoms with Crippen LogP contribution in [0.3, 0.4) is 0 Å². The minimum atomic E-state index is -0.329. The van der Waals surface area contributed by atoms with Crippen molar-refractivity contribution in [1.82, 2.24) is 30.5 Å². The fraction of sp³-hybridized carbons (Fsp3) is 0.353. The number of cyclic esters (lactones) is 1. The number of ether oxygens (including phenoxy) is 1. The number of nitrogens with zero attached hydrogens (tertiary/aromatic N) is 4. The molecule has 0 saturated carbocycles. The molecule has 2 aliphatic heterocycles. The zero-order valence-electron chi connectivity index (χ0n) is 14.5. The number of carbonyl (C=O) groups excluding carboxylic acids is 2. The molecule has 2 saturated heterocycles. The summed E-state index contributed by atoms with van der Waals surface area (Å²) >= 11 is 6.24. The Balaban J connectivity index is 1.72. The summed E-state index contributed by atoms with van der Waals surface area (Å²) in [6.07, 6.45) is 0.975. The Kier molecular flexibility index (Phi) is 4.63. The van der Waals surface area contributed by atoms with Gasteiger partial charge in [0, 0.05) is 20.1 Å². The van der Waals surface area contributed by atoms with E-state index in [9.17, 15) is 9.59 Å². The Morgan fingerprint density at radius 2 is 2.15 bits per heavy atom. The number of nitrogens with one attached hydrogen (secondary N) is 2. The first-order valence-corrected chi connectivity index (χ1v) is 8.82. The van der Waals surface area contributed by atoms with Crippen LogP contribution < -0.4 is 10.6 Å². The molecule has 9 nitrogen and oxygen atoms in total. The monoisotopic (exact) mass is 388 g/mol. The molecule has 140 valence electrons. The molecule has 2 amide bonds. The summed E-state index contributed by atoms with van der Waals surface area (Å²) in [6, 6.07) is 4.87. The van der Waals surface area contributed by atoms with Crippen molar-refractivity contribution in [2.24, 2.45) is 0 Å². The van der Waals surface area contributed by atoms with Gasteiger partial charge in [-0.3, -0.25) is 9.69 Å². The maximum Gasteiger partial charge on any atom is 0.410 e. The van der Waals surface area contributed by atoms with Gasteiger partial charge in [-0.2, -0.15) is 0 Å². The molecule has 0 aliphatic carbocycles. The van der Waals surface area contributed by atoms with E-state index in [2.05, 4.69) is 25.6 Å². The minimum Gasteiger partial charge on any atom is -0.447 e. The molecule has 0 spiro atoms. The maximum absolute atomic E-state index is 12.1. The van der Waals surface area contributed by atoms with E-state index >= 15 is 0 Å². The maximum atomic E-state index is 12.1. The van der Waals surface area contributed by atoms with Crippen LogP contribution in [-0.2, 0) is 4.74 Å². The van der Waals surface area contributed by atoms with E-state index < -0.39 is 0 Å². The highest BCUT2D eigenvalue weighted by molar-refractivity contribution is 6.29. The molecule has 0 bridgehead atoms. The summed E-state index contributed by atoms with van der Waals surface area (Å²) in [7, 11) is 1.53. The number of rotatable bonds is 3. The van der Waals surface area contributed by atoms with Crippen molar-refractivity contribution < 1.29 is 14.3 Å². The molecule has 2 fully saturated rings. The number of pyridine rings is 1. The lowest BCUT2D eigenvalue weighted by atomic mass is 10.0. The molecule has 4 rings (SSSR count). The summed E-state index contributed by atoms with van der Waals surface area (Å²) in [4.78, 5) is 38.2. The van der Waals surface area contributed by atoms with E-state index in [1.807, 2.05) is 6.07 Å². The fourth-order valence-electron chi connectivity index (χ4n) is 3.36. The van der Waals surface area contributed by atoms with Crippen LogP contribution in [0, 0.1) is 0 Å². The number of halogens is 1. The molecule has 0 unspecified atom stereocenters. The third kappa shape index (κ3) is 3.31. The first-order valence-electron chi connectivity index (χ1n) is 8.44. The van der Waals surface area contributed by atoms with Crippen LogP contribution >= 0.6 is 11.6 Å². The molecule has 0 aromatic carbocycles. The molecular weight excluding hydrogens is 372 g/mol. The Labute approximate surface area is 160 Å². The van der Waals surface area contributed by atoms with Crippen molar-refractivity contribution in [3.8, 4) is 11.4 Å². The van der Waals surface area contributed by atoms with Gasteiger partial charge >= 0.3 is 6.09 Å².